The molecule has 1 heterocycles. The van der Waals surface area contributed by atoms with Crippen LogP contribution in [0.3, 0.4) is 0 Å². The molecule has 0 aliphatic heterocycles. The fourth-order valence-electron chi connectivity index (χ4n) is 2.36. The van der Waals surface area contributed by atoms with Crippen molar-refractivity contribution < 1.29 is 9.47 Å². The number of methoxy groups -OCH3 is 2. The molecular formula is C14H20N2O2. The molecular weight excluding hydrogens is 228 g/mol. The van der Waals surface area contributed by atoms with Crippen molar-refractivity contribution in [1.29, 1.82) is 0 Å². The van der Waals surface area contributed by atoms with Gasteiger partial charge >= 0.3 is 0 Å². The van der Waals surface area contributed by atoms with Gasteiger partial charge < -0.3 is 20.2 Å². The van der Waals surface area contributed by atoms with Gasteiger partial charge in [0.1, 0.15) is 0 Å². The summed E-state index contributed by atoms with van der Waals surface area (Å²) in [6.07, 6.45) is 3.54. The Morgan fingerprint density at radius 3 is 2.61 bits per heavy atom. The van der Waals surface area contributed by atoms with Crippen LogP contribution in [0.15, 0.2) is 30.5 Å². The van der Waals surface area contributed by atoms with Gasteiger partial charge in [0, 0.05) is 43.3 Å². The molecule has 0 atom stereocenters. The summed E-state index contributed by atoms with van der Waals surface area (Å²) in [5.74, 6) is -0.723. The summed E-state index contributed by atoms with van der Waals surface area (Å²) in [6.45, 7) is 0.622. The lowest BCUT2D eigenvalue weighted by atomic mass is 9.99. The highest BCUT2D eigenvalue weighted by Crippen LogP contribution is 2.35. The van der Waals surface area contributed by atoms with Crippen molar-refractivity contribution >= 4 is 10.9 Å². The number of benzene rings is 1. The van der Waals surface area contributed by atoms with E-state index in [9.17, 15) is 0 Å². The van der Waals surface area contributed by atoms with E-state index in [0.717, 1.165) is 29.3 Å². The predicted octanol–water partition coefficient (Wildman–Crippen LogP) is 2.35. The molecule has 0 saturated heterocycles. The van der Waals surface area contributed by atoms with Crippen LogP contribution in [0.5, 0.6) is 0 Å². The molecule has 0 bridgehead atoms. The molecule has 18 heavy (non-hydrogen) atoms. The lowest BCUT2D eigenvalue weighted by Crippen LogP contribution is -2.31. The van der Waals surface area contributed by atoms with E-state index in [1.54, 1.807) is 14.2 Å². The number of H-pyrrole nitrogens is 1. The zero-order chi connectivity index (χ0) is 13.0. The highest BCUT2D eigenvalue weighted by molar-refractivity contribution is 5.83. The predicted molar refractivity (Wildman–Crippen MR) is 72.3 cm³/mol. The minimum Gasteiger partial charge on any atom is -0.361 e. The number of ether oxygens (including phenoxy) is 2. The van der Waals surface area contributed by atoms with E-state index in [0.29, 0.717) is 6.54 Å². The number of aromatic nitrogens is 1. The quantitative estimate of drug-likeness (QED) is 0.771. The number of para-hydroxylation sites is 1. The zero-order valence-electron chi connectivity index (χ0n) is 10.9. The first-order valence-corrected chi connectivity index (χ1v) is 6.14. The molecule has 2 rings (SSSR count). The van der Waals surface area contributed by atoms with E-state index in [1.165, 1.54) is 0 Å². The molecule has 4 nitrogen and oxygen atoms in total. The number of nitrogens with two attached hydrogens (primary N) is 1. The van der Waals surface area contributed by atoms with E-state index in [4.69, 9.17) is 15.2 Å². The van der Waals surface area contributed by atoms with Gasteiger partial charge in [-0.15, -0.1) is 0 Å². The fourth-order valence-corrected chi connectivity index (χ4v) is 2.36. The minimum absolute atomic E-state index is 0.622. The van der Waals surface area contributed by atoms with Crippen LogP contribution in [0, 0.1) is 0 Å². The van der Waals surface area contributed by atoms with Gasteiger partial charge in [-0.3, -0.25) is 0 Å². The van der Waals surface area contributed by atoms with Gasteiger partial charge in [0.2, 0.25) is 0 Å². The maximum absolute atomic E-state index is 5.64. The summed E-state index contributed by atoms with van der Waals surface area (Å²) >= 11 is 0. The number of aromatic amines is 1. The molecule has 4 heteroatoms. The number of hydrogen-bond donors (Lipinski definition) is 2. The van der Waals surface area contributed by atoms with Crippen molar-refractivity contribution in [2.75, 3.05) is 20.8 Å². The van der Waals surface area contributed by atoms with E-state index >= 15 is 0 Å². The Balaban J connectivity index is 2.47. The highest BCUT2D eigenvalue weighted by Gasteiger charge is 2.33. The smallest absolute Gasteiger partial charge is 0.196 e. The molecule has 0 unspecified atom stereocenters. The van der Waals surface area contributed by atoms with E-state index < -0.39 is 5.79 Å². The molecule has 0 radical (unpaired) electrons. The van der Waals surface area contributed by atoms with Crippen LogP contribution in [-0.2, 0) is 15.3 Å². The van der Waals surface area contributed by atoms with Gasteiger partial charge in [-0.1, -0.05) is 18.2 Å². The maximum Gasteiger partial charge on any atom is 0.196 e. The Hall–Kier alpha value is -1.36. The van der Waals surface area contributed by atoms with Gasteiger partial charge in [0.25, 0.3) is 0 Å². The number of hydrogen-bond acceptors (Lipinski definition) is 3. The van der Waals surface area contributed by atoms with Gasteiger partial charge in [0.05, 0.1) is 0 Å². The van der Waals surface area contributed by atoms with Gasteiger partial charge in [-0.2, -0.15) is 0 Å². The first kappa shape index (κ1) is 13.1. The van der Waals surface area contributed by atoms with Crippen molar-refractivity contribution in [2.24, 2.45) is 5.73 Å². The van der Waals surface area contributed by atoms with Crippen molar-refractivity contribution in [3.05, 3.63) is 36.0 Å². The molecule has 3 N–H and O–H groups in total. The lowest BCUT2D eigenvalue weighted by molar-refractivity contribution is -0.219. The summed E-state index contributed by atoms with van der Waals surface area (Å²) < 4.78 is 11.3. The van der Waals surface area contributed by atoms with Crippen LogP contribution in [0.25, 0.3) is 10.9 Å². The SMILES string of the molecule is COC(CCCN)(OC)c1c[nH]c2ccccc12. The summed E-state index contributed by atoms with van der Waals surface area (Å²) in [7, 11) is 3.34. The van der Waals surface area contributed by atoms with E-state index in [2.05, 4.69) is 11.1 Å². The van der Waals surface area contributed by atoms with E-state index in [-0.39, 0.29) is 0 Å². The normalized spacial score (nSPS) is 12.2. The van der Waals surface area contributed by atoms with Crippen LogP contribution in [0.4, 0.5) is 0 Å². The third-order valence-corrected chi connectivity index (χ3v) is 3.37. The van der Waals surface area contributed by atoms with Crippen molar-refractivity contribution in [1.82, 2.24) is 4.98 Å². The lowest BCUT2D eigenvalue weighted by Gasteiger charge is -2.30. The number of fused-ring (bicyclic) bond motifs is 1. The Kier molecular flexibility index (Phi) is 4.01. The number of rotatable bonds is 6. The topological polar surface area (TPSA) is 60.3 Å². The molecule has 0 aliphatic rings. The molecule has 1 aromatic heterocycles. The minimum atomic E-state index is -0.723. The summed E-state index contributed by atoms with van der Waals surface area (Å²) in [5, 5.41) is 1.12. The van der Waals surface area contributed by atoms with Gasteiger partial charge in [-0.05, 0) is 19.0 Å². The molecule has 0 amide bonds. The van der Waals surface area contributed by atoms with Crippen LogP contribution in [0.2, 0.25) is 0 Å². The van der Waals surface area contributed by atoms with Gasteiger partial charge in [0.15, 0.2) is 5.79 Å². The van der Waals surface area contributed by atoms with Crippen molar-refractivity contribution in [3.63, 3.8) is 0 Å². The van der Waals surface area contributed by atoms with Crippen LogP contribution in [-0.4, -0.2) is 25.7 Å². The molecule has 0 fully saturated rings. The first-order valence-electron chi connectivity index (χ1n) is 6.14. The highest BCUT2D eigenvalue weighted by atomic mass is 16.7. The summed E-state index contributed by atoms with van der Waals surface area (Å²) in [5.41, 5.74) is 7.70. The second-order valence-electron chi connectivity index (χ2n) is 4.30. The standard InChI is InChI=1S/C14H20N2O2/c1-17-14(18-2,8-5-9-15)12-10-16-13-7-4-3-6-11(12)13/h3-4,6-7,10,16H,5,8-9,15H2,1-2H3. The van der Waals surface area contributed by atoms with Gasteiger partial charge in [-0.25, -0.2) is 0 Å². The third-order valence-electron chi connectivity index (χ3n) is 3.37. The van der Waals surface area contributed by atoms with Crippen LogP contribution in [0.1, 0.15) is 18.4 Å². The molecule has 0 spiro atoms. The second-order valence-corrected chi connectivity index (χ2v) is 4.30. The van der Waals surface area contributed by atoms with E-state index in [1.807, 2.05) is 24.4 Å². The summed E-state index contributed by atoms with van der Waals surface area (Å²) in [4.78, 5) is 3.25. The Labute approximate surface area is 107 Å². The third kappa shape index (κ3) is 2.14. The van der Waals surface area contributed by atoms with Crippen molar-refractivity contribution in [2.45, 2.75) is 18.6 Å². The van der Waals surface area contributed by atoms with Crippen molar-refractivity contribution in [3.8, 4) is 0 Å². The summed E-state index contributed by atoms with van der Waals surface area (Å²) in [6, 6.07) is 8.12. The Morgan fingerprint density at radius 1 is 1.22 bits per heavy atom. The number of nitrogens with one attached hydrogen (secondary N) is 1. The average molecular weight is 248 g/mol. The van der Waals surface area contributed by atoms with Crippen LogP contribution >= 0.6 is 0 Å². The molecule has 0 aliphatic carbocycles. The Morgan fingerprint density at radius 2 is 1.94 bits per heavy atom. The molecule has 2 aromatic rings. The largest absolute Gasteiger partial charge is 0.361 e. The van der Waals surface area contributed by atoms with Crippen LogP contribution < -0.4 is 5.73 Å². The maximum atomic E-state index is 5.64. The second kappa shape index (κ2) is 5.52. The average Bonchev–Trinajstić information content (AvgIpc) is 2.86. The zero-order valence-corrected chi connectivity index (χ0v) is 10.9. The molecule has 98 valence electrons. The Bertz CT molecular complexity index is 503. The molecule has 0 saturated carbocycles. The first-order chi connectivity index (χ1) is 8.77. The monoisotopic (exact) mass is 248 g/mol. The molecule has 1 aromatic carbocycles. The fraction of sp³-hybridized carbons (Fsp3) is 0.429.